The maximum absolute atomic E-state index is 12.3. The first-order valence-corrected chi connectivity index (χ1v) is 8.45. The van der Waals surface area contributed by atoms with E-state index in [0.29, 0.717) is 11.7 Å². The molecule has 3 rings (SSSR count). The lowest BCUT2D eigenvalue weighted by Crippen LogP contribution is -2.44. The summed E-state index contributed by atoms with van der Waals surface area (Å²) in [6, 6.07) is 2.61. The first kappa shape index (κ1) is 15.3. The minimum atomic E-state index is -0.0288. The normalized spacial score (nSPS) is 21.1. The molecule has 0 spiro atoms. The number of hydrogen-bond donors (Lipinski definition) is 1. The molecule has 1 aliphatic heterocycles. The number of carbonyl (C=O) groups is 1. The standard InChI is InChI=1S/C17H26N4O/c1-2-10-20-11-7-14(8-12-20)18-17(22)16-9-13-21(19-16)15-5-3-4-6-15/h2,9,13-15H,1,3-8,10-12H2,(H,18,22). The zero-order valence-corrected chi connectivity index (χ0v) is 13.2. The Hall–Kier alpha value is -1.62. The average Bonchev–Trinajstić information content (AvgIpc) is 3.20. The molecule has 1 N–H and O–H groups in total. The van der Waals surface area contributed by atoms with Crippen LogP contribution in [-0.2, 0) is 0 Å². The van der Waals surface area contributed by atoms with Gasteiger partial charge < -0.3 is 5.32 Å². The summed E-state index contributed by atoms with van der Waals surface area (Å²) in [5.74, 6) is -0.0288. The van der Waals surface area contributed by atoms with Gasteiger partial charge in [-0.1, -0.05) is 18.9 Å². The fourth-order valence-electron chi connectivity index (χ4n) is 3.53. The van der Waals surface area contributed by atoms with Crippen molar-refractivity contribution in [2.45, 2.75) is 50.6 Å². The molecule has 0 bridgehead atoms. The van der Waals surface area contributed by atoms with Crippen molar-refractivity contribution in [3.05, 3.63) is 30.6 Å². The minimum absolute atomic E-state index is 0.0288. The van der Waals surface area contributed by atoms with Crippen LogP contribution in [0.2, 0.25) is 0 Å². The molecule has 5 nitrogen and oxygen atoms in total. The Kier molecular flexibility index (Phi) is 4.93. The highest BCUT2D eigenvalue weighted by Gasteiger charge is 2.23. The summed E-state index contributed by atoms with van der Waals surface area (Å²) in [6.45, 7) is 6.75. The topological polar surface area (TPSA) is 50.2 Å². The highest BCUT2D eigenvalue weighted by molar-refractivity contribution is 5.92. The van der Waals surface area contributed by atoms with Gasteiger partial charge in [0.15, 0.2) is 0 Å². The first-order valence-electron chi connectivity index (χ1n) is 8.45. The third-order valence-corrected chi connectivity index (χ3v) is 4.85. The SMILES string of the molecule is C=CCN1CCC(NC(=O)c2ccn(C3CCCC3)n2)CC1. The Morgan fingerprint density at radius 3 is 2.73 bits per heavy atom. The highest BCUT2D eigenvalue weighted by atomic mass is 16.2. The Morgan fingerprint density at radius 2 is 2.05 bits per heavy atom. The van der Waals surface area contributed by atoms with E-state index in [0.717, 1.165) is 32.5 Å². The average molecular weight is 302 g/mol. The summed E-state index contributed by atoms with van der Waals surface area (Å²) in [5, 5.41) is 7.62. The van der Waals surface area contributed by atoms with Crippen LogP contribution in [0, 0.1) is 0 Å². The summed E-state index contributed by atoms with van der Waals surface area (Å²) >= 11 is 0. The molecule has 5 heteroatoms. The summed E-state index contributed by atoms with van der Waals surface area (Å²) < 4.78 is 1.98. The van der Waals surface area contributed by atoms with Gasteiger partial charge in [0.1, 0.15) is 5.69 Å². The molecule has 2 heterocycles. The molecular formula is C17H26N4O. The van der Waals surface area contributed by atoms with Gasteiger partial charge in [-0.05, 0) is 31.7 Å². The fourth-order valence-corrected chi connectivity index (χ4v) is 3.53. The van der Waals surface area contributed by atoms with Crippen LogP contribution in [0.1, 0.15) is 55.1 Å². The van der Waals surface area contributed by atoms with Gasteiger partial charge in [-0.15, -0.1) is 6.58 Å². The predicted octanol–water partition coefficient (Wildman–Crippen LogP) is 2.38. The van der Waals surface area contributed by atoms with Crippen LogP contribution < -0.4 is 5.32 Å². The van der Waals surface area contributed by atoms with Gasteiger partial charge in [-0.2, -0.15) is 5.10 Å². The quantitative estimate of drug-likeness (QED) is 0.850. The van der Waals surface area contributed by atoms with E-state index in [1.54, 1.807) is 0 Å². The lowest BCUT2D eigenvalue weighted by Gasteiger charge is -2.31. The van der Waals surface area contributed by atoms with Crippen LogP contribution >= 0.6 is 0 Å². The van der Waals surface area contributed by atoms with E-state index in [9.17, 15) is 4.79 Å². The smallest absolute Gasteiger partial charge is 0.271 e. The summed E-state index contributed by atoms with van der Waals surface area (Å²) in [4.78, 5) is 14.7. The largest absolute Gasteiger partial charge is 0.348 e. The molecule has 1 aliphatic carbocycles. The molecule has 120 valence electrons. The molecule has 1 aromatic heterocycles. The molecule has 0 aromatic carbocycles. The van der Waals surface area contributed by atoms with Crippen LogP contribution in [0.15, 0.2) is 24.9 Å². The number of piperidine rings is 1. The van der Waals surface area contributed by atoms with Crippen molar-refractivity contribution < 1.29 is 4.79 Å². The lowest BCUT2D eigenvalue weighted by molar-refractivity contribution is 0.0908. The van der Waals surface area contributed by atoms with Gasteiger partial charge in [-0.3, -0.25) is 14.4 Å². The van der Waals surface area contributed by atoms with Crippen LogP contribution in [0.3, 0.4) is 0 Å². The summed E-state index contributed by atoms with van der Waals surface area (Å²) in [6.07, 6.45) is 10.8. The van der Waals surface area contributed by atoms with E-state index >= 15 is 0 Å². The number of likely N-dealkylation sites (tertiary alicyclic amines) is 1. The summed E-state index contributed by atoms with van der Waals surface area (Å²) in [7, 11) is 0. The molecule has 0 atom stereocenters. The van der Waals surface area contributed by atoms with Crippen molar-refractivity contribution in [2.24, 2.45) is 0 Å². The number of carbonyl (C=O) groups excluding carboxylic acids is 1. The van der Waals surface area contributed by atoms with Crippen molar-refractivity contribution >= 4 is 5.91 Å². The number of rotatable bonds is 5. The Labute approximate surface area is 132 Å². The second-order valence-corrected chi connectivity index (χ2v) is 6.46. The maximum Gasteiger partial charge on any atom is 0.271 e. The second-order valence-electron chi connectivity index (χ2n) is 6.46. The van der Waals surface area contributed by atoms with Gasteiger partial charge >= 0.3 is 0 Å². The van der Waals surface area contributed by atoms with Crippen LogP contribution in [-0.4, -0.2) is 46.3 Å². The Bertz CT molecular complexity index is 510. The number of amides is 1. The molecule has 0 unspecified atom stereocenters. The molecule has 1 aromatic rings. The molecule has 2 aliphatic rings. The maximum atomic E-state index is 12.3. The van der Waals surface area contributed by atoms with Crippen LogP contribution in [0.4, 0.5) is 0 Å². The highest BCUT2D eigenvalue weighted by Crippen LogP contribution is 2.28. The Balaban J connectivity index is 1.51. The third-order valence-electron chi connectivity index (χ3n) is 4.85. The van der Waals surface area contributed by atoms with Crippen molar-refractivity contribution in [1.82, 2.24) is 20.0 Å². The second kappa shape index (κ2) is 7.09. The van der Waals surface area contributed by atoms with E-state index in [1.807, 2.05) is 23.0 Å². The van der Waals surface area contributed by atoms with Gasteiger partial charge in [0.05, 0.1) is 6.04 Å². The molecule has 1 saturated heterocycles. The third kappa shape index (κ3) is 3.58. The van der Waals surface area contributed by atoms with E-state index in [2.05, 4.69) is 21.9 Å². The fraction of sp³-hybridized carbons (Fsp3) is 0.647. The van der Waals surface area contributed by atoms with Gasteiger partial charge in [0.25, 0.3) is 5.91 Å². The molecule has 1 saturated carbocycles. The number of nitrogens with one attached hydrogen (secondary N) is 1. The number of nitrogens with zero attached hydrogens (tertiary/aromatic N) is 3. The first-order chi connectivity index (χ1) is 10.8. The van der Waals surface area contributed by atoms with E-state index < -0.39 is 0 Å². The van der Waals surface area contributed by atoms with E-state index in [4.69, 9.17) is 0 Å². The van der Waals surface area contributed by atoms with E-state index in [1.165, 1.54) is 25.7 Å². The molecule has 0 radical (unpaired) electrons. The monoisotopic (exact) mass is 302 g/mol. The van der Waals surface area contributed by atoms with Crippen LogP contribution in [0.5, 0.6) is 0 Å². The van der Waals surface area contributed by atoms with Gasteiger partial charge in [0.2, 0.25) is 0 Å². The summed E-state index contributed by atoms with van der Waals surface area (Å²) in [5.41, 5.74) is 0.556. The molecule has 22 heavy (non-hydrogen) atoms. The van der Waals surface area contributed by atoms with Crippen molar-refractivity contribution in [3.8, 4) is 0 Å². The Morgan fingerprint density at radius 1 is 1.32 bits per heavy atom. The van der Waals surface area contributed by atoms with Crippen molar-refractivity contribution in [1.29, 1.82) is 0 Å². The predicted molar refractivity (Wildman–Crippen MR) is 86.9 cm³/mol. The lowest BCUT2D eigenvalue weighted by atomic mass is 10.0. The molecular weight excluding hydrogens is 276 g/mol. The number of aromatic nitrogens is 2. The van der Waals surface area contributed by atoms with Gasteiger partial charge in [0, 0.05) is 31.9 Å². The zero-order chi connectivity index (χ0) is 15.4. The van der Waals surface area contributed by atoms with Crippen molar-refractivity contribution in [3.63, 3.8) is 0 Å². The number of hydrogen-bond acceptors (Lipinski definition) is 3. The molecule has 2 fully saturated rings. The molecule has 1 amide bonds. The van der Waals surface area contributed by atoms with Gasteiger partial charge in [-0.25, -0.2) is 0 Å². The van der Waals surface area contributed by atoms with Crippen LogP contribution in [0.25, 0.3) is 0 Å². The van der Waals surface area contributed by atoms with E-state index in [-0.39, 0.29) is 11.9 Å². The zero-order valence-electron chi connectivity index (χ0n) is 13.2. The minimum Gasteiger partial charge on any atom is -0.348 e. The van der Waals surface area contributed by atoms with Crippen molar-refractivity contribution in [2.75, 3.05) is 19.6 Å².